The van der Waals surface area contributed by atoms with Gasteiger partial charge in [-0.2, -0.15) is 13.2 Å². The molecular weight excluding hydrogens is 215 g/mol. The summed E-state index contributed by atoms with van der Waals surface area (Å²) in [5.41, 5.74) is 2.45. The molecule has 0 radical (unpaired) electrons. The molecule has 0 spiro atoms. The third-order valence-electron chi connectivity index (χ3n) is 1.98. The summed E-state index contributed by atoms with van der Waals surface area (Å²) in [5.74, 6) is -1.51. The van der Waals surface area contributed by atoms with E-state index in [1.54, 1.807) is 0 Å². The van der Waals surface area contributed by atoms with E-state index in [0.717, 1.165) is 6.34 Å². The van der Waals surface area contributed by atoms with Gasteiger partial charge >= 0.3 is 12.1 Å². The van der Waals surface area contributed by atoms with Gasteiger partial charge in [0.25, 0.3) is 0 Å². The molecule has 0 bridgehead atoms. The highest BCUT2D eigenvalue weighted by atomic mass is 19.4. The molecule has 8 heteroatoms. The highest BCUT2D eigenvalue weighted by Gasteiger charge is 2.56. The molecule has 3 N–H and O–H groups in total. The van der Waals surface area contributed by atoms with Gasteiger partial charge in [0, 0.05) is 12.6 Å². The van der Waals surface area contributed by atoms with Crippen molar-refractivity contribution in [3.63, 3.8) is 0 Å². The fourth-order valence-electron chi connectivity index (χ4n) is 1.12. The van der Waals surface area contributed by atoms with E-state index in [2.05, 4.69) is 9.98 Å². The van der Waals surface area contributed by atoms with Gasteiger partial charge in [-0.3, -0.25) is 9.79 Å². The normalized spacial score (nSPS) is 26.9. The molecule has 15 heavy (non-hydrogen) atoms. The monoisotopic (exact) mass is 223 g/mol. The van der Waals surface area contributed by atoms with E-state index in [1.165, 1.54) is 0 Å². The van der Waals surface area contributed by atoms with Gasteiger partial charge in [0.1, 0.15) is 12.4 Å². The molecule has 5 nitrogen and oxygen atoms in total. The minimum absolute atomic E-state index is 0.565. The van der Waals surface area contributed by atoms with Gasteiger partial charge in [-0.1, -0.05) is 0 Å². The highest BCUT2D eigenvalue weighted by molar-refractivity contribution is 5.88. The Morgan fingerprint density at radius 2 is 2.20 bits per heavy atom. The summed E-state index contributed by atoms with van der Waals surface area (Å²) in [6, 6.07) is -1.63. The second-order valence-electron chi connectivity index (χ2n) is 3.09. The largest absolute Gasteiger partial charge is 0.480 e. The molecular formula is C7H8F3N3O2. The Morgan fingerprint density at radius 1 is 1.60 bits per heavy atom. The second-order valence-corrected chi connectivity index (χ2v) is 3.09. The average molecular weight is 223 g/mol. The molecule has 0 aromatic rings. The number of nitrogens with two attached hydrogens (primary N) is 1. The fraction of sp³-hybridized carbons (Fsp3) is 0.571. The minimum atomic E-state index is -4.70. The van der Waals surface area contributed by atoms with E-state index in [1.807, 2.05) is 0 Å². The number of carboxylic acid groups (broad SMARTS) is 1. The number of hydrogen-bond donors (Lipinski definition) is 2. The maximum absolute atomic E-state index is 12.6. The lowest BCUT2D eigenvalue weighted by Gasteiger charge is -2.27. The van der Waals surface area contributed by atoms with Gasteiger partial charge in [-0.25, -0.2) is 4.99 Å². The molecule has 0 aromatic heterocycles. The first-order chi connectivity index (χ1) is 6.78. The van der Waals surface area contributed by atoms with Crippen molar-refractivity contribution in [3.8, 4) is 0 Å². The zero-order valence-electron chi connectivity index (χ0n) is 7.40. The number of halogens is 3. The molecule has 1 rings (SSSR count). The Kier molecular flexibility index (Phi) is 2.80. The van der Waals surface area contributed by atoms with Crippen LogP contribution in [0.5, 0.6) is 0 Å². The summed E-state index contributed by atoms with van der Waals surface area (Å²) >= 11 is 0. The third kappa shape index (κ3) is 2.14. The summed E-state index contributed by atoms with van der Waals surface area (Å²) in [5, 5.41) is 8.43. The molecule has 84 valence electrons. The Morgan fingerprint density at radius 3 is 2.53 bits per heavy atom. The minimum Gasteiger partial charge on any atom is -0.480 e. The molecule has 0 saturated carbocycles. The Bertz CT molecular complexity index is 312. The molecule has 0 aromatic carbocycles. The molecule has 0 fully saturated rings. The van der Waals surface area contributed by atoms with E-state index in [0.29, 0.717) is 6.21 Å². The van der Waals surface area contributed by atoms with Crippen molar-refractivity contribution in [2.75, 3.05) is 0 Å². The summed E-state index contributed by atoms with van der Waals surface area (Å²) in [4.78, 5) is 16.7. The van der Waals surface area contributed by atoms with Crippen LogP contribution in [0.15, 0.2) is 9.98 Å². The predicted octanol–water partition coefficient (Wildman–Crippen LogP) is 0.202. The lowest BCUT2D eigenvalue weighted by Crippen LogP contribution is -2.49. The molecule has 1 aliphatic heterocycles. The lowest BCUT2D eigenvalue weighted by molar-refractivity contribution is -0.167. The summed E-state index contributed by atoms with van der Waals surface area (Å²) in [7, 11) is 0. The summed E-state index contributed by atoms with van der Waals surface area (Å²) in [6.45, 7) is 0. The third-order valence-corrected chi connectivity index (χ3v) is 1.98. The maximum Gasteiger partial charge on any atom is 0.418 e. The molecule has 1 aliphatic rings. The fourth-order valence-corrected chi connectivity index (χ4v) is 1.12. The number of hydrogen-bond acceptors (Lipinski definition) is 4. The molecule has 2 atom stereocenters. The van der Waals surface area contributed by atoms with Crippen LogP contribution < -0.4 is 5.73 Å². The van der Waals surface area contributed by atoms with Gasteiger partial charge in [0.05, 0.1) is 0 Å². The number of carboxylic acids is 1. The van der Waals surface area contributed by atoms with Crippen LogP contribution >= 0.6 is 0 Å². The average Bonchev–Trinajstić information content (AvgIpc) is 2.52. The first-order valence-corrected chi connectivity index (χ1v) is 3.92. The van der Waals surface area contributed by atoms with Crippen molar-refractivity contribution in [3.05, 3.63) is 0 Å². The molecule has 1 heterocycles. The van der Waals surface area contributed by atoms with Gasteiger partial charge in [-0.15, -0.1) is 0 Å². The van der Waals surface area contributed by atoms with Gasteiger partial charge in [0.15, 0.2) is 5.54 Å². The van der Waals surface area contributed by atoms with Crippen LogP contribution in [0.2, 0.25) is 0 Å². The van der Waals surface area contributed by atoms with Gasteiger partial charge in [0.2, 0.25) is 0 Å². The lowest BCUT2D eigenvalue weighted by atomic mass is 9.93. The quantitative estimate of drug-likeness (QED) is 0.716. The Hall–Kier alpha value is -1.44. The van der Waals surface area contributed by atoms with E-state index in [9.17, 15) is 18.0 Å². The van der Waals surface area contributed by atoms with Crippen molar-refractivity contribution in [1.29, 1.82) is 0 Å². The van der Waals surface area contributed by atoms with Crippen LogP contribution in [-0.2, 0) is 4.79 Å². The van der Waals surface area contributed by atoms with Crippen molar-refractivity contribution in [1.82, 2.24) is 0 Å². The molecule has 2 unspecified atom stereocenters. The van der Waals surface area contributed by atoms with Crippen molar-refractivity contribution < 1.29 is 23.1 Å². The van der Waals surface area contributed by atoms with Crippen LogP contribution in [0.1, 0.15) is 6.42 Å². The van der Waals surface area contributed by atoms with Crippen LogP contribution in [0.25, 0.3) is 0 Å². The predicted molar refractivity (Wildman–Crippen MR) is 46.0 cm³/mol. The topological polar surface area (TPSA) is 88.0 Å². The van der Waals surface area contributed by atoms with E-state index in [4.69, 9.17) is 10.8 Å². The molecule has 0 saturated heterocycles. The summed E-state index contributed by atoms with van der Waals surface area (Å²) in [6.07, 6.45) is -4.25. The van der Waals surface area contributed by atoms with Gasteiger partial charge in [-0.05, 0) is 0 Å². The number of aliphatic imine (C=N–C) groups is 2. The number of alkyl halides is 3. The van der Waals surface area contributed by atoms with Crippen LogP contribution in [0.4, 0.5) is 13.2 Å². The zero-order valence-corrected chi connectivity index (χ0v) is 7.40. The van der Waals surface area contributed by atoms with Crippen molar-refractivity contribution in [2.45, 2.75) is 24.2 Å². The van der Waals surface area contributed by atoms with E-state index >= 15 is 0 Å². The molecule has 0 aliphatic carbocycles. The number of rotatable bonds is 3. The van der Waals surface area contributed by atoms with Gasteiger partial charge < -0.3 is 10.8 Å². The van der Waals surface area contributed by atoms with E-state index in [-0.39, 0.29) is 0 Å². The van der Waals surface area contributed by atoms with E-state index < -0.39 is 30.1 Å². The highest BCUT2D eigenvalue weighted by Crippen LogP contribution is 2.37. The number of nitrogens with zero attached hydrogens (tertiary/aromatic N) is 2. The first kappa shape index (κ1) is 11.6. The standard InChI is InChI=1S/C7H8F3N3O2/c8-7(9,10)6(2-12-3-13-6)1-4(11)5(14)15/h2-4H,1,11H2,(H,14,15). The number of carbonyl (C=O) groups is 1. The molecule has 0 amide bonds. The Balaban J connectivity index is 2.91. The van der Waals surface area contributed by atoms with Crippen molar-refractivity contribution >= 4 is 18.5 Å². The van der Waals surface area contributed by atoms with Crippen LogP contribution in [0, 0.1) is 0 Å². The summed E-state index contributed by atoms with van der Waals surface area (Å²) < 4.78 is 37.8. The SMILES string of the molecule is NC(CC1(C(F)(F)F)C=NC=N1)C(=O)O. The zero-order chi connectivity index (χ0) is 11.7. The maximum atomic E-state index is 12.6. The Labute approximate surface area is 82.5 Å². The van der Waals surface area contributed by atoms with Crippen LogP contribution in [-0.4, -0.2) is 41.4 Å². The second kappa shape index (κ2) is 3.61. The van der Waals surface area contributed by atoms with Crippen LogP contribution in [0.3, 0.4) is 0 Å². The smallest absolute Gasteiger partial charge is 0.418 e. The first-order valence-electron chi connectivity index (χ1n) is 3.92. The number of aliphatic carboxylic acids is 1. The van der Waals surface area contributed by atoms with Crippen molar-refractivity contribution in [2.24, 2.45) is 15.7 Å².